The van der Waals surface area contributed by atoms with Crippen LogP contribution < -0.4 is 5.32 Å². The van der Waals surface area contributed by atoms with Crippen LogP contribution in [-0.2, 0) is 19.4 Å². The van der Waals surface area contributed by atoms with Crippen molar-refractivity contribution in [3.63, 3.8) is 0 Å². The van der Waals surface area contributed by atoms with E-state index in [0.29, 0.717) is 6.54 Å². The van der Waals surface area contributed by atoms with Crippen molar-refractivity contribution in [2.45, 2.75) is 32.7 Å². The number of fused-ring (bicyclic) bond motifs is 2. The van der Waals surface area contributed by atoms with E-state index >= 15 is 0 Å². The molecular weight excluding hydrogens is 260 g/mol. The van der Waals surface area contributed by atoms with E-state index in [1.54, 1.807) is 6.26 Å². The molecule has 21 heavy (non-hydrogen) atoms. The van der Waals surface area contributed by atoms with E-state index in [1.165, 1.54) is 34.3 Å². The summed E-state index contributed by atoms with van der Waals surface area (Å²) in [6.45, 7) is 2.84. The Morgan fingerprint density at radius 2 is 2.19 bits per heavy atom. The monoisotopic (exact) mass is 278 g/mol. The van der Waals surface area contributed by atoms with Gasteiger partial charge in [-0.2, -0.15) is 0 Å². The van der Waals surface area contributed by atoms with Gasteiger partial charge in [0.05, 0.1) is 18.3 Å². The van der Waals surface area contributed by atoms with Crippen LogP contribution in [0.25, 0.3) is 10.9 Å². The molecule has 0 spiro atoms. The van der Waals surface area contributed by atoms with Crippen molar-refractivity contribution in [1.29, 1.82) is 0 Å². The Labute approximate surface area is 124 Å². The maximum Gasteiger partial charge on any atom is 0.122 e. The van der Waals surface area contributed by atoms with Gasteiger partial charge in [-0.1, -0.05) is 11.6 Å². The van der Waals surface area contributed by atoms with Gasteiger partial charge in [0.2, 0.25) is 0 Å². The van der Waals surface area contributed by atoms with Gasteiger partial charge in [0.15, 0.2) is 0 Å². The molecule has 0 saturated carbocycles. The van der Waals surface area contributed by atoms with Crippen molar-refractivity contribution in [3.8, 4) is 0 Å². The first kappa shape index (κ1) is 12.5. The van der Waals surface area contributed by atoms with Crippen LogP contribution in [0.1, 0.15) is 29.0 Å². The van der Waals surface area contributed by atoms with Gasteiger partial charge in [-0.3, -0.25) is 4.98 Å². The lowest BCUT2D eigenvalue weighted by atomic mass is 10.0. The predicted molar refractivity (Wildman–Crippen MR) is 84.5 cm³/mol. The summed E-state index contributed by atoms with van der Waals surface area (Å²) in [6, 6.07) is 10.4. The maximum absolute atomic E-state index is 5.43. The lowest BCUT2D eigenvalue weighted by Crippen LogP contribution is -2.04. The molecule has 3 aromatic rings. The fraction of sp³-hybridized carbons (Fsp3) is 0.278. The molecule has 1 N–H and O–H groups in total. The largest absolute Gasteiger partial charge is 0.467 e. The van der Waals surface area contributed by atoms with Gasteiger partial charge in [-0.25, -0.2) is 0 Å². The van der Waals surface area contributed by atoms with Crippen LogP contribution in [0.4, 0.5) is 5.69 Å². The van der Waals surface area contributed by atoms with Crippen LogP contribution in [0.15, 0.2) is 41.0 Å². The second-order valence-electron chi connectivity index (χ2n) is 5.72. The zero-order valence-corrected chi connectivity index (χ0v) is 12.1. The Bertz CT molecular complexity index is 791. The van der Waals surface area contributed by atoms with E-state index in [9.17, 15) is 0 Å². The molecule has 2 heterocycles. The molecule has 1 aromatic carbocycles. The molecule has 0 radical (unpaired) electrons. The zero-order valence-electron chi connectivity index (χ0n) is 12.1. The van der Waals surface area contributed by atoms with Gasteiger partial charge in [0, 0.05) is 16.8 Å². The fourth-order valence-corrected chi connectivity index (χ4v) is 3.17. The zero-order chi connectivity index (χ0) is 14.2. The van der Waals surface area contributed by atoms with Crippen LogP contribution >= 0.6 is 0 Å². The van der Waals surface area contributed by atoms with E-state index in [0.717, 1.165) is 24.1 Å². The molecule has 0 aliphatic heterocycles. The SMILES string of the molecule is Cc1ccc2nc3c(c(NCc4ccco4)c2c1)CCC3. The molecule has 0 amide bonds. The Morgan fingerprint density at radius 3 is 3.05 bits per heavy atom. The molecule has 0 bridgehead atoms. The van der Waals surface area contributed by atoms with Crippen molar-refractivity contribution in [1.82, 2.24) is 4.98 Å². The van der Waals surface area contributed by atoms with Crippen LogP contribution in [0.5, 0.6) is 0 Å². The lowest BCUT2D eigenvalue weighted by Gasteiger charge is -2.14. The Morgan fingerprint density at radius 1 is 1.24 bits per heavy atom. The summed E-state index contributed by atoms with van der Waals surface area (Å²) in [5.74, 6) is 0.958. The molecule has 3 heteroatoms. The summed E-state index contributed by atoms with van der Waals surface area (Å²) in [6.07, 6.45) is 5.13. The van der Waals surface area contributed by atoms with Crippen LogP contribution in [-0.4, -0.2) is 4.98 Å². The standard InChI is InChI=1S/C18H18N2O/c1-12-7-8-17-15(10-12)18(14-5-2-6-16(14)20-17)19-11-13-4-3-9-21-13/h3-4,7-10H,2,5-6,11H2,1H3,(H,19,20). The van der Waals surface area contributed by atoms with E-state index in [2.05, 4.69) is 30.4 Å². The lowest BCUT2D eigenvalue weighted by molar-refractivity contribution is 0.518. The third-order valence-electron chi connectivity index (χ3n) is 4.19. The van der Waals surface area contributed by atoms with Gasteiger partial charge in [0.25, 0.3) is 0 Å². The molecule has 4 rings (SSSR count). The van der Waals surface area contributed by atoms with Crippen molar-refractivity contribution in [2.24, 2.45) is 0 Å². The molecule has 0 atom stereocenters. The first-order valence-electron chi connectivity index (χ1n) is 7.49. The van der Waals surface area contributed by atoms with E-state index in [-0.39, 0.29) is 0 Å². The number of aryl methyl sites for hydroxylation is 2. The predicted octanol–water partition coefficient (Wildman–Crippen LogP) is 4.24. The molecule has 0 unspecified atom stereocenters. The molecule has 1 aliphatic rings. The minimum absolute atomic E-state index is 0.715. The number of rotatable bonds is 3. The number of anilines is 1. The van der Waals surface area contributed by atoms with E-state index in [1.807, 2.05) is 12.1 Å². The Kier molecular flexibility index (Phi) is 2.92. The van der Waals surface area contributed by atoms with E-state index in [4.69, 9.17) is 9.40 Å². The summed E-state index contributed by atoms with van der Waals surface area (Å²) < 4.78 is 5.43. The number of pyridine rings is 1. The summed E-state index contributed by atoms with van der Waals surface area (Å²) >= 11 is 0. The summed E-state index contributed by atoms with van der Waals surface area (Å²) in [5.41, 5.74) is 6.24. The number of hydrogen-bond acceptors (Lipinski definition) is 3. The Hall–Kier alpha value is -2.29. The van der Waals surface area contributed by atoms with Crippen LogP contribution in [0.2, 0.25) is 0 Å². The summed E-state index contributed by atoms with van der Waals surface area (Å²) in [4.78, 5) is 4.84. The van der Waals surface area contributed by atoms with Crippen molar-refractivity contribution in [2.75, 3.05) is 5.32 Å². The fourth-order valence-electron chi connectivity index (χ4n) is 3.17. The molecule has 1 aliphatic carbocycles. The van der Waals surface area contributed by atoms with Gasteiger partial charge in [-0.15, -0.1) is 0 Å². The highest BCUT2D eigenvalue weighted by Crippen LogP contribution is 2.34. The topological polar surface area (TPSA) is 38.1 Å². The first-order valence-corrected chi connectivity index (χ1v) is 7.49. The second-order valence-corrected chi connectivity index (χ2v) is 5.72. The third-order valence-corrected chi connectivity index (χ3v) is 4.19. The van der Waals surface area contributed by atoms with Crippen molar-refractivity contribution < 1.29 is 4.42 Å². The smallest absolute Gasteiger partial charge is 0.122 e. The average Bonchev–Trinajstić information content (AvgIpc) is 3.14. The maximum atomic E-state index is 5.43. The molecule has 0 fully saturated rings. The third kappa shape index (κ3) is 2.19. The van der Waals surface area contributed by atoms with E-state index < -0.39 is 0 Å². The highest BCUT2D eigenvalue weighted by Gasteiger charge is 2.19. The molecule has 106 valence electrons. The highest BCUT2D eigenvalue weighted by atomic mass is 16.3. The number of furan rings is 1. The number of nitrogens with one attached hydrogen (secondary N) is 1. The van der Waals surface area contributed by atoms with Crippen LogP contribution in [0.3, 0.4) is 0 Å². The number of hydrogen-bond donors (Lipinski definition) is 1. The summed E-state index contributed by atoms with van der Waals surface area (Å²) in [7, 11) is 0. The number of benzene rings is 1. The number of nitrogens with zero attached hydrogens (tertiary/aromatic N) is 1. The molecule has 3 nitrogen and oxygen atoms in total. The van der Waals surface area contributed by atoms with Crippen LogP contribution in [0, 0.1) is 6.92 Å². The minimum Gasteiger partial charge on any atom is -0.467 e. The second kappa shape index (κ2) is 4.92. The summed E-state index contributed by atoms with van der Waals surface area (Å²) in [5, 5.41) is 4.81. The normalized spacial score (nSPS) is 13.6. The highest BCUT2D eigenvalue weighted by molar-refractivity contribution is 5.94. The Balaban J connectivity index is 1.82. The van der Waals surface area contributed by atoms with Gasteiger partial charge < -0.3 is 9.73 Å². The number of aromatic nitrogens is 1. The van der Waals surface area contributed by atoms with Gasteiger partial charge in [0.1, 0.15) is 5.76 Å². The average molecular weight is 278 g/mol. The first-order chi connectivity index (χ1) is 10.3. The quantitative estimate of drug-likeness (QED) is 0.778. The molecule has 0 saturated heterocycles. The minimum atomic E-state index is 0.715. The van der Waals surface area contributed by atoms with Gasteiger partial charge in [-0.05, 0) is 56.0 Å². The van der Waals surface area contributed by atoms with Crippen molar-refractivity contribution in [3.05, 3.63) is 59.2 Å². The van der Waals surface area contributed by atoms with Gasteiger partial charge >= 0.3 is 0 Å². The van der Waals surface area contributed by atoms with Crippen molar-refractivity contribution >= 4 is 16.6 Å². The molecular formula is C18H18N2O. The molecule has 2 aromatic heterocycles.